The fourth-order valence-corrected chi connectivity index (χ4v) is 2.81. The van der Waals surface area contributed by atoms with Crippen molar-refractivity contribution in [2.45, 2.75) is 19.8 Å². The van der Waals surface area contributed by atoms with Crippen molar-refractivity contribution >= 4 is 5.91 Å². The molecule has 0 radical (unpaired) electrons. The molecule has 1 aliphatic rings. The average molecular weight is 316 g/mol. The molecular formula is C18H18F2N2O. The minimum Gasteiger partial charge on any atom is -0.337 e. The number of hydrogen-bond acceptors (Lipinski definition) is 2. The maximum Gasteiger partial charge on any atom is 0.272 e. The summed E-state index contributed by atoms with van der Waals surface area (Å²) < 4.78 is 27.8. The minimum absolute atomic E-state index is 0.136. The number of nitrogens with zero attached hydrogens (tertiary/aromatic N) is 2. The number of benzene rings is 1. The lowest BCUT2D eigenvalue weighted by molar-refractivity contribution is 0.0691. The number of amides is 1. The van der Waals surface area contributed by atoms with Gasteiger partial charge in [0.2, 0.25) is 0 Å². The number of likely N-dealkylation sites (tertiary alicyclic amines) is 1. The zero-order valence-corrected chi connectivity index (χ0v) is 12.9. The van der Waals surface area contributed by atoms with Gasteiger partial charge in [0.05, 0.1) is 11.3 Å². The molecule has 1 saturated heterocycles. The van der Waals surface area contributed by atoms with E-state index in [-0.39, 0.29) is 22.9 Å². The summed E-state index contributed by atoms with van der Waals surface area (Å²) in [5, 5.41) is 0. The molecule has 3 nitrogen and oxygen atoms in total. The van der Waals surface area contributed by atoms with Gasteiger partial charge in [-0.05, 0) is 43.0 Å². The van der Waals surface area contributed by atoms with Crippen LogP contribution in [0.5, 0.6) is 0 Å². The summed E-state index contributed by atoms with van der Waals surface area (Å²) in [5.74, 6) is -0.941. The third kappa shape index (κ3) is 3.23. The van der Waals surface area contributed by atoms with E-state index in [1.54, 1.807) is 17.0 Å². The van der Waals surface area contributed by atoms with E-state index < -0.39 is 11.6 Å². The van der Waals surface area contributed by atoms with Crippen molar-refractivity contribution in [3.63, 3.8) is 0 Å². The Morgan fingerprint density at radius 3 is 2.35 bits per heavy atom. The van der Waals surface area contributed by atoms with Crippen LogP contribution in [0.15, 0.2) is 36.4 Å². The van der Waals surface area contributed by atoms with Crippen LogP contribution < -0.4 is 0 Å². The van der Waals surface area contributed by atoms with Crippen LogP contribution in [-0.4, -0.2) is 28.9 Å². The molecule has 1 aromatic carbocycles. The van der Waals surface area contributed by atoms with Crippen molar-refractivity contribution in [3.05, 3.63) is 53.7 Å². The van der Waals surface area contributed by atoms with E-state index in [0.717, 1.165) is 12.8 Å². The number of piperidine rings is 1. The van der Waals surface area contributed by atoms with E-state index >= 15 is 0 Å². The molecule has 0 bridgehead atoms. The summed E-state index contributed by atoms with van der Waals surface area (Å²) in [7, 11) is 0. The molecular weight excluding hydrogens is 298 g/mol. The molecule has 0 saturated carbocycles. The van der Waals surface area contributed by atoms with Gasteiger partial charge in [-0.25, -0.2) is 13.8 Å². The molecule has 0 N–H and O–H groups in total. The number of hydrogen-bond donors (Lipinski definition) is 0. The summed E-state index contributed by atoms with van der Waals surface area (Å²) in [5.41, 5.74) is 0.158. The predicted octanol–water partition coefficient (Wildman–Crippen LogP) is 3.90. The predicted molar refractivity (Wildman–Crippen MR) is 83.9 cm³/mol. The van der Waals surface area contributed by atoms with E-state index in [4.69, 9.17) is 0 Å². The molecule has 0 unspecified atom stereocenters. The third-order valence-electron chi connectivity index (χ3n) is 4.26. The fourth-order valence-electron chi connectivity index (χ4n) is 2.81. The molecule has 2 aromatic rings. The molecule has 5 heteroatoms. The summed E-state index contributed by atoms with van der Waals surface area (Å²) in [4.78, 5) is 18.5. The summed E-state index contributed by atoms with van der Waals surface area (Å²) in [6.45, 7) is 3.56. The molecule has 120 valence electrons. The van der Waals surface area contributed by atoms with Crippen molar-refractivity contribution < 1.29 is 13.6 Å². The van der Waals surface area contributed by atoms with Crippen LogP contribution in [0.4, 0.5) is 8.78 Å². The second-order valence-corrected chi connectivity index (χ2v) is 5.98. The van der Waals surface area contributed by atoms with Crippen LogP contribution in [0.25, 0.3) is 11.3 Å². The van der Waals surface area contributed by atoms with Crippen LogP contribution in [0.2, 0.25) is 0 Å². The molecule has 1 amide bonds. The Labute approximate surface area is 134 Å². The van der Waals surface area contributed by atoms with E-state index in [0.29, 0.717) is 19.0 Å². The number of halogens is 2. The number of carbonyl (C=O) groups excluding carboxylic acids is 1. The van der Waals surface area contributed by atoms with Crippen molar-refractivity contribution in [3.8, 4) is 11.3 Å². The Morgan fingerprint density at radius 2 is 1.70 bits per heavy atom. The largest absolute Gasteiger partial charge is 0.337 e. The highest BCUT2D eigenvalue weighted by Gasteiger charge is 2.23. The van der Waals surface area contributed by atoms with Gasteiger partial charge in [-0.2, -0.15) is 0 Å². The number of carbonyl (C=O) groups is 1. The highest BCUT2D eigenvalue weighted by molar-refractivity contribution is 5.93. The quantitative estimate of drug-likeness (QED) is 0.842. The topological polar surface area (TPSA) is 33.2 Å². The van der Waals surface area contributed by atoms with Crippen LogP contribution in [0, 0.1) is 17.6 Å². The van der Waals surface area contributed by atoms with Gasteiger partial charge in [0.25, 0.3) is 5.91 Å². The second-order valence-electron chi connectivity index (χ2n) is 5.98. The van der Waals surface area contributed by atoms with Gasteiger partial charge in [-0.3, -0.25) is 4.79 Å². The molecule has 1 aromatic heterocycles. The molecule has 23 heavy (non-hydrogen) atoms. The zero-order valence-electron chi connectivity index (χ0n) is 12.9. The van der Waals surface area contributed by atoms with Crippen LogP contribution in [0.3, 0.4) is 0 Å². The maximum atomic E-state index is 13.9. The van der Waals surface area contributed by atoms with Gasteiger partial charge in [-0.15, -0.1) is 0 Å². The first-order valence-electron chi connectivity index (χ1n) is 7.77. The number of rotatable bonds is 2. The summed E-state index contributed by atoms with van der Waals surface area (Å²) in [6.07, 6.45) is 1.93. The van der Waals surface area contributed by atoms with E-state index in [1.807, 2.05) is 0 Å². The normalized spacial score (nSPS) is 15.7. The Hall–Kier alpha value is -2.30. The Bertz CT molecular complexity index is 704. The zero-order chi connectivity index (χ0) is 16.4. The van der Waals surface area contributed by atoms with Gasteiger partial charge in [0.15, 0.2) is 0 Å². The molecule has 0 aliphatic carbocycles. The van der Waals surface area contributed by atoms with Gasteiger partial charge in [0, 0.05) is 13.1 Å². The third-order valence-corrected chi connectivity index (χ3v) is 4.26. The monoisotopic (exact) mass is 316 g/mol. The molecule has 3 rings (SSSR count). The number of aromatic nitrogens is 1. The lowest BCUT2D eigenvalue weighted by Crippen LogP contribution is -2.38. The van der Waals surface area contributed by atoms with Gasteiger partial charge >= 0.3 is 0 Å². The first-order chi connectivity index (χ1) is 11.1. The van der Waals surface area contributed by atoms with Crippen molar-refractivity contribution in [1.82, 2.24) is 9.88 Å². The van der Waals surface area contributed by atoms with Crippen LogP contribution in [0.1, 0.15) is 30.3 Å². The van der Waals surface area contributed by atoms with Gasteiger partial charge in [0.1, 0.15) is 17.3 Å². The molecule has 1 aliphatic heterocycles. The van der Waals surface area contributed by atoms with E-state index in [1.165, 1.54) is 24.3 Å². The Kier molecular flexibility index (Phi) is 4.37. The van der Waals surface area contributed by atoms with E-state index in [2.05, 4.69) is 11.9 Å². The van der Waals surface area contributed by atoms with E-state index in [9.17, 15) is 13.6 Å². The first kappa shape index (κ1) is 15.6. The highest BCUT2D eigenvalue weighted by atomic mass is 19.1. The Morgan fingerprint density at radius 1 is 1.09 bits per heavy atom. The summed E-state index contributed by atoms with van der Waals surface area (Å²) >= 11 is 0. The van der Waals surface area contributed by atoms with Crippen molar-refractivity contribution in [1.29, 1.82) is 0 Å². The van der Waals surface area contributed by atoms with Crippen molar-refractivity contribution in [2.24, 2.45) is 5.92 Å². The van der Waals surface area contributed by atoms with Gasteiger partial charge in [-0.1, -0.05) is 19.1 Å². The minimum atomic E-state index is -0.686. The lowest BCUT2D eigenvalue weighted by Gasteiger charge is -2.30. The maximum absolute atomic E-state index is 13.9. The lowest BCUT2D eigenvalue weighted by atomic mass is 9.99. The average Bonchev–Trinajstić information content (AvgIpc) is 2.55. The molecule has 1 fully saturated rings. The van der Waals surface area contributed by atoms with Crippen LogP contribution >= 0.6 is 0 Å². The molecule has 2 heterocycles. The highest BCUT2D eigenvalue weighted by Crippen LogP contribution is 2.25. The first-order valence-corrected chi connectivity index (χ1v) is 7.77. The van der Waals surface area contributed by atoms with Crippen LogP contribution in [-0.2, 0) is 0 Å². The van der Waals surface area contributed by atoms with Crippen molar-refractivity contribution in [2.75, 3.05) is 13.1 Å². The second kappa shape index (κ2) is 6.44. The van der Waals surface area contributed by atoms with Gasteiger partial charge < -0.3 is 4.90 Å². The molecule has 0 spiro atoms. The smallest absolute Gasteiger partial charge is 0.272 e. The molecule has 0 atom stereocenters. The SMILES string of the molecule is CC1CCN(C(=O)c2cccc(-c3c(F)cccc3F)n2)CC1. The number of pyridine rings is 1. The standard InChI is InChI=1S/C18H18F2N2O/c1-12-8-10-22(11-9-12)18(23)16-7-3-6-15(21-16)17-13(19)4-2-5-14(17)20/h2-7,12H,8-11H2,1H3. The Balaban J connectivity index is 1.90. The fraction of sp³-hybridized carbons (Fsp3) is 0.333. The summed E-state index contributed by atoms with van der Waals surface area (Å²) in [6, 6.07) is 8.37.